The van der Waals surface area contributed by atoms with Gasteiger partial charge in [0.15, 0.2) is 0 Å². The van der Waals surface area contributed by atoms with Crippen LogP contribution in [-0.2, 0) is 4.74 Å². The number of amides is 2. The number of fused-ring (bicyclic) bond motifs is 1. The fourth-order valence-electron chi connectivity index (χ4n) is 4.09. The zero-order valence-electron chi connectivity index (χ0n) is 17.2. The van der Waals surface area contributed by atoms with E-state index in [0.29, 0.717) is 28.8 Å². The van der Waals surface area contributed by atoms with Crippen molar-refractivity contribution in [1.82, 2.24) is 19.3 Å². The van der Waals surface area contributed by atoms with Gasteiger partial charge in [-0.2, -0.15) is 0 Å². The van der Waals surface area contributed by atoms with Gasteiger partial charge < -0.3 is 20.3 Å². The monoisotopic (exact) mass is 424 g/mol. The summed E-state index contributed by atoms with van der Waals surface area (Å²) >= 11 is 0. The average Bonchev–Trinajstić information content (AvgIpc) is 3.45. The Kier molecular flexibility index (Phi) is 5.42. The Hall–Kier alpha value is -3.20. The van der Waals surface area contributed by atoms with E-state index in [4.69, 9.17) is 4.74 Å². The van der Waals surface area contributed by atoms with Crippen LogP contribution in [0.2, 0.25) is 0 Å². The number of nitrogens with one attached hydrogen (secondary N) is 2. The van der Waals surface area contributed by atoms with Gasteiger partial charge in [-0.25, -0.2) is 19.2 Å². The number of hydrogen-bond acceptors (Lipinski definition) is 5. The normalized spacial score (nSPS) is 17.3. The third-order valence-electron chi connectivity index (χ3n) is 5.79. The van der Waals surface area contributed by atoms with E-state index in [1.54, 1.807) is 33.8 Å². The number of aromatic nitrogens is 3. The van der Waals surface area contributed by atoms with Crippen LogP contribution in [0.5, 0.6) is 0 Å². The van der Waals surface area contributed by atoms with Crippen LogP contribution in [-0.4, -0.2) is 57.6 Å². The van der Waals surface area contributed by atoms with Gasteiger partial charge in [-0.05, 0) is 43.9 Å². The third-order valence-corrected chi connectivity index (χ3v) is 5.79. The van der Waals surface area contributed by atoms with Crippen molar-refractivity contribution < 1.29 is 13.9 Å². The lowest BCUT2D eigenvalue weighted by Crippen LogP contribution is -2.32. The maximum absolute atomic E-state index is 14.6. The molecule has 2 fully saturated rings. The zero-order chi connectivity index (χ0) is 21.2. The summed E-state index contributed by atoms with van der Waals surface area (Å²) in [4.78, 5) is 23.0. The number of rotatable bonds is 4. The molecular weight excluding hydrogens is 399 g/mol. The lowest BCUT2D eigenvalue weighted by Gasteiger charge is -2.23. The zero-order valence-corrected chi connectivity index (χ0v) is 17.2. The number of halogens is 1. The molecule has 5 rings (SSSR count). The second kappa shape index (κ2) is 8.50. The molecule has 2 aromatic heterocycles. The molecule has 2 aliphatic heterocycles. The van der Waals surface area contributed by atoms with E-state index < -0.39 is 5.82 Å². The van der Waals surface area contributed by atoms with Gasteiger partial charge in [0.2, 0.25) is 5.78 Å². The molecule has 31 heavy (non-hydrogen) atoms. The Labute approximate surface area is 179 Å². The van der Waals surface area contributed by atoms with Gasteiger partial charge in [-0.3, -0.25) is 4.40 Å². The molecule has 0 spiro atoms. The van der Waals surface area contributed by atoms with Crippen molar-refractivity contribution in [3.63, 3.8) is 0 Å². The van der Waals surface area contributed by atoms with Crippen molar-refractivity contribution in [3.05, 3.63) is 42.6 Å². The minimum atomic E-state index is -0.400. The molecule has 2 saturated heterocycles. The first-order valence-corrected chi connectivity index (χ1v) is 10.7. The molecule has 2 amide bonds. The summed E-state index contributed by atoms with van der Waals surface area (Å²) in [5.74, 6) is 0.0848. The quantitative estimate of drug-likeness (QED) is 0.666. The lowest BCUT2D eigenvalue weighted by atomic mass is 10.1. The summed E-state index contributed by atoms with van der Waals surface area (Å²) in [5, 5.41) is 6.33. The topological polar surface area (TPSA) is 83.8 Å². The maximum Gasteiger partial charge on any atom is 0.321 e. The Balaban J connectivity index is 1.37. The Bertz CT molecular complexity index is 1090. The van der Waals surface area contributed by atoms with E-state index in [0.717, 1.165) is 57.7 Å². The first-order chi connectivity index (χ1) is 15.2. The van der Waals surface area contributed by atoms with Crippen LogP contribution in [0.15, 0.2) is 36.8 Å². The molecule has 0 atom stereocenters. The van der Waals surface area contributed by atoms with Crippen LogP contribution >= 0.6 is 0 Å². The number of hydrogen-bond donors (Lipinski definition) is 2. The first-order valence-electron chi connectivity index (χ1n) is 10.7. The highest BCUT2D eigenvalue weighted by Crippen LogP contribution is 2.26. The van der Waals surface area contributed by atoms with Crippen LogP contribution in [0, 0.1) is 5.82 Å². The Morgan fingerprint density at radius 2 is 1.94 bits per heavy atom. The third kappa shape index (κ3) is 4.32. The lowest BCUT2D eigenvalue weighted by molar-refractivity contribution is 0.0904. The number of carbonyl (C=O) groups excluding carboxylic acids is 1. The number of nitrogens with zero attached hydrogens (tertiary/aromatic N) is 4. The predicted molar refractivity (Wildman–Crippen MR) is 116 cm³/mol. The summed E-state index contributed by atoms with van der Waals surface area (Å²) in [6.07, 6.45) is 9.34. The number of urea groups is 1. The molecule has 3 aromatic rings. The van der Waals surface area contributed by atoms with E-state index in [1.165, 1.54) is 6.07 Å². The van der Waals surface area contributed by atoms with Crippen molar-refractivity contribution in [2.45, 2.75) is 31.7 Å². The number of likely N-dealkylation sites (tertiary alicyclic amines) is 1. The smallest absolute Gasteiger partial charge is 0.321 e. The van der Waals surface area contributed by atoms with Gasteiger partial charge in [0.25, 0.3) is 0 Å². The molecule has 1 aromatic carbocycles. The van der Waals surface area contributed by atoms with Crippen LogP contribution in [0.1, 0.15) is 25.7 Å². The SMILES string of the molecule is O=C(Nc1ccc(F)c(-c2cn3cc(NC4CCOCC4)cnc3n2)c1)N1CCCC1. The standard InChI is InChI=1S/C22H25FN6O2/c23-19-4-3-16(26-22(30)28-7-1-2-8-28)11-18(19)20-14-29-13-17(12-24-21(29)27-20)25-15-5-9-31-10-6-15/h3-4,11-15,25H,1-2,5-10H2,(H,26,30). The minimum Gasteiger partial charge on any atom is -0.381 e. The second-order valence-corrected chi connectivity index (χ2v) is 8.03. The molecular formula is C22H25FN6O2. The summed E-state index contributed by atoms with van der Waals surface area (Å²) in [6, 6.07) is 4.73. The number of ether oxygens (including phenoxy) is 1. The summed E-state index contributed by atoms with van der Waals surface area (Å²) in [5.41, 5.74) is 2.21. The molecule has 0 bridgehead atoms. The average molecular weight is 424 g/mol. The van der Waals surface area contributed by atoms with Crippen LogP contribution in [0.3, 0.4) is 0 Å². The summed E-state index contributed by atoms with van der Waals surface area (Å²) in [7, 11) is 0. The molecule has 0 saturated carbocycles. The van der Waals surface area contributed by atoms with E-state index >= 15 is 0 Å². The highest BCUT2D eigenvalue weighted by Gasteiger charge is 2.19. The molecule has 0 unspecified atom stereocenters. The molecule has 8 nitrogen and oxygen atoms in total. The predicted octanol–water partition coefficient (Wildman–Crippen LogP) is 3.75. The molecule has 0 radical (unpaired) electrons. The molecule has 4 heterocycles. The fraction of sp³-hybridized carbons (Fsp3) is 0.409. The van der Waals surface area contributed by atoms with Crippen LogP contribution in [0.4, 0.5) is 20.6 Å². The largest absolute Gasteiger partial charge is 0.381 e. The van der Waals surface area contributed by atoms with Crippen molar-refractivity contribution in [2.75, 3.05) is 36.9 Å². The van der Waals surface area contributed by atoms with Gasteiger partial charge >= 0.3 is 6.03 Å². The molecule has 162 valence electrons. The van der Waals surface area contributed by atoms with Gasteiger partial charge in [-0.15, -0.1) is 0 Å². The van der Waals surface area contributed by atoms with E-state index in [-0.39, 0.29) is 6.03 Å². The second-order valence-electron chi connectivity index (χ2n) is 8.03. The van der Waals surface area contributed by atoms with Crippen molar-refractivity contribution >= 4 is 23.2 Å². The highest BCUT2D eigenvalue weighted by atomic mass is 19.1. The number of benzene rings is 1. The van der Waals surface area contributed by atoms with Gasteiger partial charge in [0, 0.05) is 56.0 Å². The molecule has 2 N–H and O–H groups in total. The van der Waals surface area contributed by atoms with Crippen molar-refractivity contribution in [2.24, 2.45) is 0 Å². The minimum absolute atomic E-state index is 0.157. The molecule has 9 heteroatoms. The maximum atomic E-state index is 14.6. The highest BCUT2D eigenvalue weighted by molar-refractivity contribution is 5.90. The number of anilines is 2. The number of carbonyl (C=O) groups is 1. The van der Waals surface area contributed by atoms with Crippen LogP contribution < -0.4 is 10.6 Å². The van der Waals surface area contributed by atoms with E-state index in [9.17, 15) is 9.18 Å². The van der Waals surface area contributed by atoms with Gasteiger partial charge in [-0.1, -0.05) is 0 Å². The fourth-order valence-corrected chi connectivity index (χ4v) is 4.09. The van der Waals surface area contributed by atoms with Gasteiger partial charge in [0.1, 0.15) is 5.82 Å². The first kappa shape index (κ1) is 19.7. The molecule has 0 aliphatic carbocycles. The Morgan fingerprint density at radius 1 is 1.13 bits per heavy atom. The van der Waals surface area contributed by atoms with E-state index in [1.807, 2.05) is 6.20 Å². The van der Waals surface area contributed by atoms with E-state index in [2.05, 4.69) is 20.6 Å². The number of imidazole rings is 1. The van der Waals surface area contributed by atoms with Crippen LogP contribution in [0.25, 0.3) is 17.0 Å². The van der Waals surface area contributed by atoms with Crippen molar-refractivity contribution in [1.29, 1.82) is 0 Å². The van der Waals surface area contributed by atoms with Gasteiger partial charge in [0.05, 0.1) is 17.6 Å². The summed E-state index contributed by atoms with van der Waals surface area (Å²) in [6.45, 7) is 3.02. The summed E-state index contributed by atoms with van der Waals surface area (Å²) < 4.78 is 21.8. The van der Waals surface area contributed by atoms with Crippen molar-refractivity contribution in [3.8, 4) is 11.3 Å². The Morgan fingerprint density at radius 3 is 2.74 bits per heavy atom. The molecule has 2 aliphatic rings.